The van der Waals surface area contributed by atoms with Crippen molar-refractivity contribution in [2.24, 2.45) is 0 Å². The van der Waals surface area contributed by atoms with E-state index in [0.29, 0.717) is 5.92 Å². The number of thiophene rings is 1. The van der Waals surface area contributed by atoms with Crippen molar-refractivity contribution in [2.45, 2.75) is 12.0 Å². The van der Waals surface area contributed by atoms with Crippen LogP contribution in [0.5, 0.6) is 0 Å². The van der Waals surface area contributed by atoms with E-state index >= 15 is 0 Å². The Morgan fingerprint density at radius 1 is 0.483 bits per heavy atom. The van der Waals surface area contributed by atoms with Crippen LogP contribution in [0.4, 0.5) is 11.4 Å². The highest BCUT2D eigenvalue weighted by Crippen LogP contribution is 2.49. The number of aromatic nitrogens is 2. The molecule has 4 heteroatoms. The van der Waals surface area contributed by atoms with Crippen LogP contribution < -0.4 is 15.3 Å². The lowest BCUT2D eigenvalue weighted by Gasteiger charge is -2.29. The molecule has 8 aromatic carbocycles. The number of anilines is 2. The van der Waals surface area contributed by atoms with Gasteiger partial charge >= 0.3 is 0 Å². The number of hydrogen-bond acceptors (Lipinski definition) is 4. The highest BCUT2D eigenvalue weighted by molar-refractivity contribution is 7.26. The van der Waals surface area contributed by atoms with Gasteiger partial charge in [-0.1, -0.05) is 164 Å². The minimum Gasteiger partial charge on any atom is -0.333 e. The SMILES string of the molecule is C1=c2ccccc2=CC2C1c1ccccc1N2c1ccc2ccc(-c3ccc(-c4cc(-c5ccccc5)nc(-c5ccccc5)n4)c4sc5ccccc5c34)cc2c1. The maximum absolute atomic E-state index is 5.25. The fraction of sp³-hybridized carbons (Fsp3) is 0.0370. The molecule has 0 N–H and O–H groups in total. The molecular weight excluding hydrogens is 723 g/mol. The summed E-state index contributed by atoms with van der Waals surface area (Å²) in [5.41, 5.74) is 11.3. The smallest absolute Gasteiger partial charge is 0.160 e. The highest BCUT2D eigenvalue weighted by atomic mass is 32.1. The molecule has 3 nitrogen and oxygen atoms in total. The monoisotopic (exact) mass is 757 g/mol. The molecule has 0 bridgehead atoms. The summed E-state index contributed by atoms with van der Waals surface area (Å²) in [6.45, 7) is 0. The van der Waals surface area contributed by atoms with E-state index in [2.05, 4.69) is 181 Å². The van der Waals surface area contributed by atoms with E-state index in [1.54, 1.807) is 0 Å². The maximum atomic E-state index is 5.25. The summed E-state index contributed by atoms with van der Waals surface area (Å²) in [4.78, 5) is 12.9. The molecule has 2 aliphatic rings. The number of rotatable bonds is 5. The van der Waals surface area contributed by atoms with Crippen molar-refractivity contribution >= 4 is 65.8 Å². The Morgan fingerprint density at radius 2 is 1.17 bits per heavy atom. The fourth-order valence-corrected chi connectivity index (χ4v) is 10.5. The van der Waals surface area contributed by atoms with Crippen LogP contribution in [0.2, 0.25) is 0 Å². The van der Waals surface area contributed by atoms with Gasteiger partial charge in [0.2, 0.25) is 0 Å². The third-order valence-electron chi connectivity index (χ3n) is 12.0. The average molecular weight is 758 g/mol. The molecule has 1 aliphatic carbocycles. The Balaban J connectivity index is 1.02. The van der Waals surface area contributed by atoms with Crippen LogP contribution in [0.15, 0.2) is 188 Å². The van der Waals surface area contributed by atoms with Crippen molar-refractivity contribution in [3.05, 3.63) is 204 Å². The second kappa shape index (κ2) is 13.2. The van der Waals surface area contributed by atoms with Crippen LogP contribution in [0.25, 0.3) is 88.1 Å². The third-order valence-corrected chi connectivity index (χ3v) is 13.2. The third kappa shape index (κ3) is 5.33. The van der Waals surface area contributed by atoms with Gasteiger partial charge in [-0.3, -0.25) is 0 Å². The lowest BCUT2D eigenvalue weighted by Crippen LogP contribution is -2.38. The van der Waals surface area contributed by atoms with Gasteiger partial charge in [0, 0.05) is 54.2 Å². The first-order chi connectivity index (χ1) is 28.7. The van der Waals surface area contributed by atoms with Crippen molar-refractivity contribution in [2.75, 3.05) is 4.90 Å². The van der Waals surface area contributed by atoms with Crippen LogP contribution >= 0.6 is 11.3 Å². The summed E-state index contributed by atoms with van der Waals surface area (Å²) in [7, 11) is 0. The van der Waals surface area contributed by atoms with Crippen LogP contribution in [-0.2, 0) is 0 Å². The first-order valence-corrected chi connectivity index (χ1v) is 20.7. The summed E-state index contributed by atoms with van der Waals surface area (Å²) < 4.78 is 2.49. The molecule has 2 aromatic heterocycles. The van der Waals surface area contributed by atoms with Crippen LogP contribution in [0, 0.1) is 0 Å². The predicted octanol–water partition coefficient (Wildman–Crippen LogP) is 12.5. The van der Waals surface area contributed by atoms with Crippen LogP contribution in [0.1, 0.15) is 11.5 Å². The Hall–Kier alpha value is -7.14. The van der Waals surface area contributed by atoms with Gasteiger partial charge in [0.25, 0.3) is 0 Å². The van der Waals surface area contributed by atoms with Crippen molar-refractivity contribution in [1.82, 2.24) is 9.97 Å². The Morgan fingerprint density at radius 3 is 2.03 bits per heavy atom. The predicted molar refractivity (Wildman–Crippen MR) is 244 cm³/mol. The van der Waals surface area contributed by atoms with E-state index in [4.69, 9.17) is 9.97 Å². The first kappa shape index (κ1) is 33.0. The summed E-state index contributed by atoms with van der Waals surface area (Å²) in [5.74, 6) is 1.02. The minimum absolute atomic E-state index is 0.212. The molecule has 0 spiro atoms. The van der Waals surface area contributed by atoms with Crippen molar-refractivity contribution in [3.63, 3.8) is 0 Å². The molecule has 0 fully saturated rings. The lowest BCUT2D eigenvalue weighted by atomic mass is 9.89. The summed E-state index contributed by atoms with van der Waals surface area (Å²) in [5, 5.41) is 7.59. The number of hydrogen-bond donors (Lipinski definition) is 0. The number of benzene rings is 8. The van der Waals surface area contributed by atoms with Crippen molar-refractivity contribution in [3.8, 4) is 45.0 Å². The van der Waals surface area contributed by atoms with Crippen LogP contribution in [0.3, 0.4) is 0 Å². The van der Waals surface area contributed by atoms with Gasteiger partial charge in [0.1, 0.15) is 0 Å². The van der Waals surface area contributed by atoms with Gasteiger partial charge in [-0.15, -0.1) is 11.3 Å². The van der Waals surface area contributed by atoms with Gasteiger partial charge < -0.3 is 4.90 Å². The zero-order chi connectivity index (χ0) is 38.2. The Kier molecular flexibility index (Phi) is 7.54. The Bertz CT molecular complexity index is 3310. The molecular formula is C54H35N3S. The Labute approximate surface area is 340 Å². The van der Waals surface area contributed by atoms with Gasteiger partial charge in [0.05, 0.1) is 17.4 Å². The van der Waals surface area contributed by atoms with Gasteiger partial charge in [0.15, 0.2) is 5.82 Å². The molecule has 1 aliphatic heterocycles. The minimum atomic E-state index is 0.212. The van der Waals surface area contributed by atoms with E-state index in [1.807, 2.05) is 35.6 Å². The van der Waals surface area contributed by atoms with Gasteiger partial charge in [-0.25, -0.2) is 9.97 Å². The lowest BCUT2D eigenvalue weighted by molar-refractivity contribution is 0.802. The zero-order valence-corrected chi connectivity index (χ0v) is 32.3. The molecule has 2 unspecified atom stereocenters. The summed E-state index contributed by atoms with van der Waals surface area (Å²) in [6, 6.07) is 68.1. The maximum Gasteiger partial charge on any atom is 0.160 e. The molecule has 0 radical (unpaired) electrons. The van der Waals surface area contributed by atoms with E-state index in [0.717, 1.165) is 33.9 Å². The molecule has 272 valence electrons. The molecule has 2 atom stereocenters. The first-order valence-electron chi connectivity index (χ1n) is 19.9. The van der Waals surface area contributed by atoms with Gasteiger partial charge in [-0.2, -0.15) is 0 Å². The molecule has 0 amide bonds. The van der Waals surface area contributed by atoms with E-state index < -0.39 is 0 Å². The molecule has 58 heavy (non-hydrogen) atoms. The number of fused-ring (bicyclic) bond motifs is 8. The van der Waals surface area contributed by atoms with Gasteiger partial charge in [-0.05, 0) is 74.3 Å². The zero-order valence-electron chi connectivity index (χ0n) is 31.5. The normalized spacial score (nSPS) is 15.5. The van der Waals surface area contributed by atoms with E-state index in [9.17, 15) is 0 Å². The van der Waals surface area contributed by atoms with E-state index in [-0.39, 0.29) is 6.04 Å². The van der Waals surface area contributed by atoms with Crippen molar-refractivity contribution < 1.29 is 0 Å². The number of para-hydroxylation sites is 1. The van der Waals surface area contributed by atoms with Crippen molar-refractivity contribution in [1.29, 1.82) is 0 Å². The molecule has 0 saturated carbocycles. The molecule has 0 saturated heterocycles. The number of nitrogens with zero attached hydrogens (tertiary/aromatic N) is 3. The quantitative estimate of drug-likeness (QED) is 0.175. The molecule has 12 rings (SSSR count). The summed E-state index contributed by atoms with van der Waals surface area (Å²) in [6.07, 6.45) is 4.92. The molecule has 10 aromatic rings. The molecule has 3 heterocycles. The van der Waals surface area contributed by atoms with E-state index in [1.165, 1.54) is 69.4 Å². The summed E-state index contributed by atoms with van der Waals surface area (Å²) >= 11 is 1.84. The average Bonchev–Trinajstić information content (AvgIpc) is 3.84. The largest absolute Gasteiger partial charge is 0.333 e. The fourth-order valence-electron chi connectivity index (χ4n) is 9.24. The second-order valence-corrected chi connectivity index (χ2v) is 16.4. The topological polar surface area (TPSA) is 29.0 Å². The van der Waals surface area contributed by atoms with Crippen LogP contribution in [-0.4, -0.2) is 16.0 Å². The highest BCUT2D eigenvalue weighted by Gasteiger charge is 2.37. The standard InChI is InChI=1S/C54H35N3S/c1-3-13-35(14-4-1)47-33-48(56-54(55-47)36-15-5-2-6-16-36)44-28-27-42(52-45-20-10-12-22-51(45)58-53(44)52)39-24-23-34-25-26-41(30-40(34)29-39)57-49-21-11-9-19-43(49)46-31-37-17-7-8-18-38(37)32-50(46)57/h1-33,46,50H. The second-order valence-electron chi connectivity index (χ2n) is 15.3.